The number of carbonyl (C=O) groups is 1. The van der Waals surface area contributed by atoms with Crippen molar-refractivity contribution >= 4 is 21.6 Å². The lowest BCUT2D eigenvalue weighted by Gasteiger charge is -2.30. The highest BCUT2D eigenvalue weighted by Crippen LogP contribution is 2.42. The Labute approximate surface area is 210 Å². The summed E-state index contributed by atoms with van der Waals surface area (Å²) in [6, 6.07) is 9.52. The molecular weight excluding hydrogens is 486 g/mol. The number of rotatable bonds is 12. The third-order valence-electron chi connectivity index (χ3n) is 6.15. The smallest absolute Gasteiger partial charge is 0.290 e. The van der Waals surface area contributed by atoms with Gasteiger partial charge in [-0.25, -0.2) is 8.42 Å². The van der Waals surface area contributed by atoms with Crippen LogP contribution < -0.4 is 10.1 Å². The number of anilines is 1. The van der Waals surface area contributed by atoms with Crippen LogP contribution in [0.1, 0.15) is 19.3 Å². The molecule has 0 radical (unpaired) electrons. The first kappa shape index (κ1) is 26.1. The molecule has 2 heterocycles. The van der Waals surface area contributed by atoms with E-state index in [2.05, 4.69) is 10.3 Å². The van der Waals surface area contributed by atoms with Gasteiger partial charge in [-0.3, -0.25) is 9.78 Å². The molecule has 194 valence electrons. The first-order valence-electron chi connectivity index (χ1n) is 11.9. The highest BCUT2D eigenvalue weighted by Gasteiger charge is 2.37. The lowest BCUT2D eigenvalue weighted by Crippen LogP contribution is -2.38. The first-order valence-corrected chi connectivity index (χ1v) is 13.3. The van der Waals surface area contributed by atoms with Gasteiger partial charge in [0.2, 0.25) is 16.3 Å². The van der Waals surface area contributed by atoms with E-state index in [0.717, 1.165) is 12.8 Å². The van der Waals surface area contributed by atoms with Gasteiger partial charge in [-0.05, 0) is 67.2 Å². The van der Waals surface area contributed by atoms with Crippen molar-refractivity contribution in [3.8, 4) is 5.75 Å². The van der Waals surface area contributed by atoms with Crippen molar-refractivity contribution in [3.63, 3.8) is 0 Å². The summed E-state index contributed by atoms with van der Waals surface area (Å²) in [6.45, 7) is -0.355. The summed E-state index contributed by atoms with van der Waals surface area (Å²) in [5.74, 6) is 0.982. The quantitative estimate of drug-likeness (QED) is 0.439. The minimum atomic E-state index is -3.85. The molecule has 0 spiro atoms. The second-order valence-corrected chi connectivity index (χ2v) is 10.6. The van der Waals surface area contributed by atoms with Gasteiger partial charge in [0.25, 0.3) is 5.91 Å². The summed E-state index contributed by atoms with van der Waals surface area (Å²) >= 11 is 0. The van der Waals surface area contributed by atoms with Crippen LogP contribution in [0.3, 0.4) is 0 Å². The second kappa shape index (κ2) is 11.8. The Bertz CT molecular complexity index is 1150. The minimum absolute atomic E-state index is 0.0177. The number of ether oxygens (including phenoxy) is 3. The molecule has 1 amide bonds. The molecule has 2 atom stereocenters. The normalized spacial score (nSPS) is 19.9. The number of hydrogen-bond donors (Lipinski definition) is 2. The Morgan fingerprint density at radius 2 is 2.00 bits per heavy atom. The lowest BCUT2D eigenvalue weighted by molar-refractivity contribution is -0.147. The van der Waals surface area contributed by atoms with Crippen molar-refractivity contribution in [1.82, 2.24) is 9.29 Å². The molecule has 0 saturated heterocycles. The van der Waals surface area contributed by atoms with E-state index < -0.39 is 16.3 Å². The number of hydrogen-bond acceptors (Lipinski definition) is 8. The summed E-state index contributed by atoms with van der Waals surface area (Å²) in [4.78, 5) is 16.9. The highest BCUT2D eigenvalue weighted by atomic mass is 32.2. The first-order chi connectivity index (χ1) is 17.4. The number of sulfonamides is 1. The number of methoxy groups -OCH3 is 1. The maximum absolute atomic E-state index is 13.1. The molecule has 1 aromatic carbocycles. The van der Waals surface area contributed by atoms with Crippen LogP contribution in [-0.2, 0) is 24.3 Å². The molecule has 2 aromatic rings. The van der Waals surface area contributed by atoms with Gasteiger partial charge in [-0.15, -0.1) is 0 Å². The Morgan fingerprint density at radius 3 is 2.64 bits per heavy atom. The van der Waals surface area contributed by atoms with Crippen LogP contribution in [0.2, 0.25) is 0 Å². The fourth-order valence-corrected chi connectivity index (χ4v) is 5.49. The fourth-order valence-electron chi connectivity index (χ4n) is 4.07. The van der Waals surface area contributed by atoms with Gasteiger partial charge in [0.05, 0.1) is 37.1 Å². The van der Waals surface area contributed by atoms with E-state index >= 15 is 0 Å². The van der Waals surface area contributed by atoms with E-state index in [1.807, 2.05) is 6.08 Å². The van der Waals surface area contributed by atoms with Crippen molar-refractivity contribution in [2.24, 2.45) is 11.8 Å². The van der Waals surface area contributed by atoms with E-state index in [4.69, 9.17) is 14.2 Å². The van der Waals surface area contributed by atoms with E-state index in [1.165, 1.54) is 23.5 Å². The maximum Gasteiger partial charge on any atom is 0.290 e. The molecule has 0 bridgehead atoms. The number of benzene rings is 1. The molecule has 1 aliphatic carbocycles. The lowest BCUT2D eigenvalue weighted by atomic mass is 9.96. The number of carbonyl (C=O) groups excluding carboxylic acids is 1. The zero-order valence-corrected chi connectivity index (χ0v) is 20.9. The number of amides is 1. The van der Waals surface area contributed by atoms with Crippen LogP contribution in [-0.4, -0.2) is 68.4 Å². The third-order valence-corrected chi connectivity index (χ3v) is 8.06. The van der Waals surface area contributed by atoms with Crippen LogP contribution in [0.4, 0.5) is 5.69 Å². The molecular formula is C25H31N3O7S. The zero-order chi connectivity index (χ0) is 25.5. The molecule has 1 aliphatic heterocycles. The molecule has 1 saturated carbocycles. The number of allylic oxidation sites excluding steroid dienone is 1. The van der Waals surface area contributed by atoms with E-state index in [-0.39, 0.29) is 48.8 Å². The highest BCUT2D eigenvalue weighted by molar-refractivity contribution is 7.89. The monoisotopic (exact) mass is 517 g/mol. The number of aromatic nitrogens is 1. The minimum Gasteiger partial charge on any atom is -0.497 e. The molecule has 10 nitrogen and oxygen atoms in total. The van der Waals surface area contributed by atoms with Crippen LogP contribution in [0.15, 0.2) is 65.5 Å². The van der Waals surface area contributed by atoms with Crippen LogP contribution in [0.25, 0.3) is 0 Å². The van der Waals surface area contributed by atoms with Gasteiger partial charge in [0, 0.05) is 25.7 Å². The summed E-state index contributed by atoms with van der Waals surface area (Å²) in [5.41, 5.74) is 0.557. The topological polar surface area (TPSA) is 127 Å². The summed E-state index contributed by atoms with van der Waals surface area (Å²) < 4.78 is 44.2. The van der Waals surface area contributed by atoms with E-state index in [1.54, 1.807) is 36.7 Å². The molecule has 36 heavy (non-hydrogen) atoms. The molecule has 11 heteroatoms. The summed E-state index contributed by atoms with van der Waals surface area (Å²) in [7, 11) is -2.35. The summed E-state index contributed by atoms with van der Waals surface area (Å²) in [5, 5.41) is 12.2. The third kappa shape index (κ3) is 6.61. The SMILES string of the molecule is COc1ccc(S(=O)(=O)N(CCO)CCO[C@@H]2C[C@H](C3CC3)C=C(C(=O)Nc3cccnc3)O2)cc1. The van der Waals surface area contributed by atoms with Crippen molar-refractivity contribution < 1.29 is 32.5 Å². The predicted octanol–water partition coefficient (Wildman–Crippen LogP) is 2.38. The van der Waals surface area contributed by atoms with Gasteiger partial charge in [0.1, 0.15) is 5.75 Å². The number of aliphatic hydroxyl groups is 1. The Kier molecular flexibility index (Phi) is 8.57. The van der Waals surface area contributed by atoms with Gasteiger partial charge in [-0.1, -0.05) is 0 Å². The van der Waals surface area contributed by atoms with Gasteiger partial charge >= 0.3 is 0 Å². The molecule has 2 aliphatic rings. The van der Waals surface area contributed by atoms with E-state index in [9.17, 15) is 18.3 Å². The standard InChI is InChI=1S/C25H31N3O7S/c1-33-21-6-8-22(9-7-21)36(31,32)28(11-13-29)12-14-34-24-16-19(18-4-5-18)15-23(35-24)25(30)27-20-3-2-10-26-17-20/h2-3,6-10,15,17-19,24,29H,4-5,11-14,16H2,1H3,(H,27,30)/t19-,24+/m1/s1. The fraction of sp³-hybridized carbons (Fsp3) is 0.440. The van der Waals surface area contributed by atoms with Crippen molar-refractivity contribution in [3.05, 3.63) is 60.6 Å². The molecule has 1 aromatic heterocycles. The van der Waals surface area contributed by atoms with Crippen LogP contribution in [0, 0.1) is 11.8 Å². The predicted molar refractivity (Wildman–Crippen MR) is 131 cm³/mol. The number of nitrogens with one attached hydrogen (secondary N) is 1. The van der Waals surface area contributed by atoms with Crippen LogP contribution in [0.5, 0.6) is 5.75 Å². The molecule has 0 unspecified atom stereocenters. The Morgan fingerprint density at radius 1 is 1.22 bits per heavy atom. The number of nitrogens with zero attached hydrogens (tertiary/aromatic N) is 2. The van der Waals surface area contributed by atoms with Crippen LogP contribution >= 0.6 is 0 Å². The number of aliphatic hydroxyl groups excluding tert-OH is 1. The Balaban J connectivity index is 1.38. The molecule has 2 N–H and O–H groups in total. The Hall–Kier alpha value is -2.99. The zero-order valence-electron chi connectivity index (χ0n) is 20.1. The van der Waals surface area contributed by atoms with E-state index in [0.29, 0.717) is 23.8 Å². The van der Waals surface area contributed by atoms with Crippen molar-refractivity contribution in [1.29, 1.82) is 0 Å². The number of pyridine rings is 1. The largest absolute Gasteiger partial charge is 0.497 e. The van der Waals surface area contributed by atoms with Gasteiger partial charge in [0.15, 0.2) is 5.76 Å². The average molecular weight is 518 g/mol. The van der Waals surface area contributed by atoms with Gasteiger partial charge < -0.3 is 24.6 Å². The van der Waals surface area contributed by atoms with Crippen molar-refractivity contribution in [2.75, 3.05) is 38.7 Å². The maximum atomic E-state index is 13.1. The van der Waals surface area contributed by atoms with Crippen molar-refractivity contribution in [2.45, 2.75) is 30.4 Å². The summed E-state index contributed by atoms with van der Waals surface area (Å²) in [6.07, 6.45) is 7.11. The average Bonchev–Trinajstić information content (AvgIpc) is 3.74. The van der Waals surface area contributed by atoms with Gasteiger partial charge in [-0.2, -0.15) is 4.31 Å². The molecule has 4 rings (SSSR count). The second-order valence-electron chi connectivity index (χ2n) is 8.69. The molecule has 1 fully saturated rings.